The van der Waals surface area contributed by atoms with Crippen molar-refractivity contribution in [1.29, 1.82) is 0 Å². The van der Waals surface area contributed by atoms with E-state index in [1.807, 2.05) is 26.0 Å². The SMILES string of the molecule is CC(C)(O)CCCCc1ccc(F)cc1. The number of aryl methyl sites for hydroxylation is 1. The number of benzene rings is 1. The van der Waals surface area contributed by atoms with Crippen molar-refractivity contribution in [2.24, 2.45) is 0 Å². The van der Waals surface area contributed by atoms with Gasteiger partial charge >= 0.3 is 0 Å². The smallest absolute Gasteiger partial charge is 0.123 e. The average molecular weight is 210 g/mol. The van der Waals surface area contributed by atoms with E-state index in [0.29, 0.717) is 0 Å². The van der Waals surface area contributed by atoms with Gasteiger partial charge in [0.1, 0.15) is 5.82 Å². The molecule has 0 unspecified atom stereocenters. The molecule has 1 N–H and O–H groups in total. The molecule has 0 saturated carbocycles. The van der Waals surface area contributed by atoms with E-state index in [9.17, 15) is 9.50 Å². The number of unbranched alkanes of at least 4 members (excludes halogenated alkanes) is 1. The molecule has 1 nitrogen and oxygen atoms in total. The monoisotopic (exact) mass is 210 g/mol. The first-order chi connectivity index (χ1) is 6.97. The zero-order chi connectivity index (χ0) is 11.3. The van der Waals surface area contributed by atoms with Crippen LogP contribution in [0.1, 0.15) is 38.7 Å². The Bertz CT molecular complexity index is 284. The Morgan fingerprint density at radius 1 is 1.13 bits per heavy atom. The molecule has 0 saturated heterocycles. The fraction of sp³-hybridized carbons (Fsp3) is 0.538. The van der Waals surface area contributed by atoms with Gasteiger partial charge in [-0.15, -0.1) is 0 Å². The fourth-order valence-electron chi connectivity index (χ4n) is 1.54. The predicted octanol–water partition coefficient (Wildman–Crippen LogP) is 3.31. The van der Waals surface area contributed by atoms with Gasteiger partial charge < -0.3 is 5.11 Å². The zero-order valence-electron chi connectivity index (χ0n) is 9.46. The van der Waals surface area contributed by atoms with Crippen LogP contribution >= 0.6 is 0 Å². The maximum absolute atomic E-state index is 12.6. The van der Waals surface area contributed by atoms with Crippen molar-refractivity contribution < 1.29 is 9.50 Å². The summed E-state index contributed by atoms with van der Waals surface area (Å²) in [5, 5.41) is 9.50. The molecule has 0 atom stereocenters. The highest BCUT2D eigenvalue weighted by Gasteiger charge is 2.10. The molecule has 0 fully saturated rings. The highest BCUT2D eigenvalue weighted by molar-refractivity contribution is 5.15. The van der Waals surface area contributed by atoms with Crippen molar-refractivity contribution in [2.45, 2.75) is 45.1 Å². The lowest BCUT2D eigenvalue weighted by molar-refractivity contribution is 0.0682. The Labute approximate surface area is 90.9 Å². The van der Waals surface area contributed by atoms with Crippen LogP contribution in [0.3, 0.4) is 0 Å². The number of hydrogen-bond donors (Lipinski definition) is 1. The molecule has 15 heavy (non-hydrogen) atoms. The molecule has 0 amide bonds. The summed E-state index contributed by atoms with van der Waals surface area (Å²) in [6, 6.07) is 6.62. The summed E-state index contributed by atoms with van der Waals surface area (Å²) in [5.74, 6) is -0.185. The van der Waals surface area contributed by atoms with Gasteiger partial charge in [-0.25, -0.2) is 4.39 Å². The first kappa shape index (κ1) is 12.2. The molecule has 1 aromatic rings. The van der Waals surface area contributed by atoms with Gasteiger partial charge in [-0.05, 0) is 50.8 Å². The van der Waals surface area contributed by atoms with Crippen LogP contribution in [0.4, 0.5) is 4.39 Å². The van der Waals surface area contributed by atoms with E-state index in [2.05, 4.69) is 0 Å². The summed E-state index contributed by atoms with van der Waals surface area (Å²) in [7, 11) is 0. The van der Waals surface area contributed by atoms with Crippen LogP contribution < -0.4 is 0 Å². The molecule has 0 aliphatic heterocycles. The van der Waals surface area contributed by atoms with E-state index >= 15 is 0 Å². The number of aliphatic hydroxyl groups is 1. The minimum Gasteiger partial charge on any atom is -0.390 e. The summed E-state index contributed by atoms with van der Waals surface area (Å²) in [6.07, 6.45) is 3.81. The van der Waals surface area contributed by atoms with Crippen molar-refractivity contribution >= 4 is 0 Å². The predicted molar refractivity (Wildman–Crippen MR) is 60.3 cm³/mol. The maximum atomic E-state index is 12.6. The Balaban J connectivity index is 2.23. The fourth-order valence-corrected chi connectivity index (χ4v) is 1.54. The van der Waals surface area contributed by atoms with Crippen molar-refractivity contribution in [3.63, 3.8) is 0 Å². The number of hydrogen-bond acceptors (Lipinski definition) is 1. The average Bonchev–Trinajstić information content (AvgIpc) is 2.14. The largest absolute Gasteiger partial charge is 0.390 e. The molecule has 0 aliphatic rings. The van der Waals surface area contributed by atoms with Crippen LogP contribution in [-0.4, -0.2) is 10.7 Å². The molecular weight excluding hydrogens is 191 g/mol. The molecule has 0 heterocycles. The normalized spacial score (nSPS) is 11.7. The Hall–Kier alpha value is -0.890. The summed E-state index contributed by atoms with van der Waals surface area (Å²) in [6.45, 7) is 3.65. The highest BCUT2D eigenvalue weighted by atomic mass is 19.1. The third-order valence-electron chi connectivity index (χ3n) is 2.42. The molecule has 0 spiro atoms. The highest BCUT2D eigenvalue weighted by Crippen LogP contribution is 2.14. The molecule has 84 valence electrons. The number of halogens is 1. The molecule has 0 radical (unpaired) electrons. The summed E-state index contributed by atoms with van der Waals surface area (Å²) in [5.41, 5.74) is 0.593. The molecule has 0 bridgehead atoms. The van der Waals surface area contributed by atoms with E-state index in [4.69, 9.17) is 0 Å². The lowest BCUT2D eigenvalue weighted by atomic mass is 9.99. The molecule has 1 aromatic carbocycles. The van der Waals surface area contributed by atoms with E-state index in [-0.39, 0.29) is 5.82 Å². The second kappa shape index (κ2) is 5.26. The van der Waals surface area contributed by atoms with Gasteiger partial charge in [0.15, 0.2) is 0 Å². The van der Waals surface area contributed by atoms with Crippen LogP contribution in [0.5, 0.6) is 0 Å². The zero-order valence-corrected chi connectivity index (χ0v) is 9.46. The second-order valence-electron chi connectivity index (χ2n) is 4.65. The van der Waals surface area contributed by atoms with Gasteiger partial charge in [0.05, 0.1) is 5.60 Å². The van der Waals surface area contributed by atoms with E-state index in [0.717, 1.165) is 31.2 Å². The third kappa shape index (κ3) is 5.53. The van der Waals surface area contributed by atoms with Crippen LogP contribution in [0.2, 0.25) is 0 Å². The van der Waals surface area contributed by atoms with E-state index in [1.54, 1.807) is 0 Å². The standard InChI is InChI=1S/C13H19FO/c1-13(2,15)10-4-3-5-11-6-8-12(14)9-7-11/h6-9,15H,3-5,10H2,1-2H3. The van der Waals surface area contributed by atoms with E-state index in [1.165, 1.54) is 12.1 Å². The van der Waals surface area contributed by atoms with Gasteiger partial charge in [0, 0.05) is 0 Å². The second-order valence-corrected chi connectivity index (χ2v) is 4.65. The molecule has 0 aliphatic carbocycles. The molecule has 1 rings (SSSR count). The molecule has 0 aromatic heterocycles. The van der Waals surface area contributed by atoms with Crippen molar-refractivity contribution in [1.82, 2.24) is 0 Å². The summed E-state index contributed by atoms with van der Waals surface area (Å²) in [4.78, 5) is 0. The van der Waals surface area contributed by atoms with Gasteiger partial charge in [0.2, 0.25) is 0 Å². The first-order valence-corrected chi connectivity index (χ1v) is 5.44. The van der Waals surface area contributed by atoms with E-state index < -0.39 is 5.60 Å². The lowest BCUT2D eigenvalue weighted by Crippen LogP contribution is -2.17. The van der Waals surface area contributed by atoms with Crippen molar-refractivity contribution in [3.05, 3.63) is 35.6 Å². The van der Waals surface area contributed by atoms with Gasteiger partial charge in [-0.3, -0.25) is 0 Å². The Morgan fingerprint density at radius 2 is 1.73 bits per heavy atom. The molecule has 2 heteroatoms. The van der Waals surface area contributed by atoms with Crippen LogP contribution in [0, 0.1) is 5.82 Å². The quantitative estimate of drug-likeness (QED) is 0.739. The van der Waals surface area contributed by atoms with Gasteiger partial charge in [-0.1, -0.05) is 18.6 Å². The minimum absolute atomic E-state index is 0.185. The third-order valence-corrected chi connectivity index (χ3v) is 2.42. The Morgan fingerprint density at radius 3 is 2.27 bits per heavy atom. The topological polar surface area (TPSA) is 20.2 Å². The minimum atomic E-state index is -0.567. The molecular formula is C13H19FO. The first-order valence-electron chi connectivity index (χ1n) is 5.44. The van der Waals surface area contributed by atoms with Crippen molar-refractivity contribution in [3.8, 4) is 0 Å². The van der Waals surface area contributed by atoms with Gasteiger partial charge in [-0.2, -0.15) is 0 Å². The Kier molecular flexibility index (Phi) is 4.28. The summed E-state index contributed by atoms with van der Waals surface area (Å²) >= 11 is 0. The van der Waals surface area contributed by atoms with Crippen LogP contribution in [-0.2, 0) is 6.42 Å². The maximum Gasteiger partial charge on any atom is 0.123 e. The van der Waals surface area contributed by atoms with Gasteiger partial charge in [0.25, 0.3) is 0 Å². The van der Waals surface area contributed by atoms with Crippen molar-refractivity contribution in [2.75, 3.05) is 0 Å². The number of rotatable bonds is 5. The van der Waals surface area contributed by atoms with Crippen LogP contribution in [0.25, 0.3) is 0 Å². The summed E-state index contributed by atoms with van der Waals surface area (Å²) < 4.78 is 12.6. The van der Waals surface area contributed by atoms with Crippen LogP contribution in [0.15, 0.2) is 24.3 Å². The lowest BCUT2D eigenvalue weighted by Gasteiger charge is -2.16.